The van der Waals surface area contributed by atoms with Crippen molar-refractivity contribution < 1.29 is 23.9 Å². The van der Waals surface area contributed by atoms with Gasteiger partial charge in [-0.15, -0.1) is 0 Å². The topological polar surface area (TPSA) is 117 Å². The predicted octanol–water partition coefficient (Wildman–Crippen LogP) is 2.95. The van der Waals surface area contributed by atoms with E-state index in [2.05, 4.69) is 15.3 Å². The van der Waals surface area contributed by atoms with Gasteiger partial charge >= 0.3 is 6.09 Å². The highest BCUT2D eigenvalue weighted by Crippen LogP contribution is 2.22. The van der Waals surface area contributed by atoms with Gasteiger partial charge < -0.3 is 29.6 Å². The van der Waals surface area contributed by atoms with Gasteiger partial charge in [0.2, 0.25) is 5.91 Å². The Morgan fingerprint density at radius 2 is 1.81 bits per heavy atom. The summed E-state index contributed by atoms with van der Waals surface area (Å²) >= 11 is 0. The van der Waals surface area contributed by atoms with Gasteiger partial charge in [-0.1, -0.05) is 18.6 Å². The first kappa shape index (κ1) is 25.9. The minimum absolute atomic E-state index is 0.0524. The maximum atomic E-state index is 13.3. The molecule has 2 saturated heterocycles. The fraction of sp³-hybridized carbons (Fsp3) is 0.615. The zero-order chi connectivity index (χ0) is 25.7. The van der Waals surface area contributed by atoms with Gasteiger partial charge in [0.15, 0.2) is 5.82 Å². The molecule has 3 amide bonds. The number of imidazole rings is 1. The minimum atomic E-state index is -0.645. The van der Waals surface area contributed by atoms with Crippen molar-refractivity contribution in [2.75, 3.05) is 39.4 Å². The number of fused-ring (bicyclic) bond motifs is 1. The third kappa shape index (κ3) is 6.75. The molecule has 3 heterocycles. The predicted molar refractivity (Wildman–Crippen MR) is 135 cm³/mol. The molecule has 10 heteroatoms. The van der Waals surface area contributed by atoms with Crippen LogP contribution in [0, 0.1) is 5.92 Å². The largest absolute Gasteiger partial charge is 0.444 e. The summed E-state index contributed by atoms with van der Waals surface area (Å²) in [5.74, 6) is -0.280. The van der Waals surface area contributed by atoms with E-state index in [1.165, 1.54) is 0 Å². The summed E-state index contributed by atoms with van der Waals surface area (Å²) in [4.78, 5) is 50.3. The molecule has 0 spiro atoms. The summed E-state index contributed by atoms with van der Waals surface area (Å²) in [5, 5.41) is 3.08. The Kier molecular flexibility index (Phi) is 8.13. The number of rotatable bonds is 3. The summed E-state index contributed by atoms with van der Waals surface area (Å²) in [5.41, 5.74) is 0.893. The maximum absolute atomic E-state index is 13.3. The van der Waals surface area contributed by atoms with Crippen molar-refractivity contribution in [2.45, 2.75) is 58.1 Å². The van der Waals surface area contributed by atoms with Gasteiger partial charge in [-0.2, -0.15) is 0 Å². The molecule has 1 aromatic heterocycles. The second-order valence-electron chi connectivity index (χ2n) is 10.6. The number of H-pyrrole nitrogens is 1. The van der Waals surface area contributed by atoms with Gasteiger partial charge in [0.1, 0.15) is 5.60 Å². The molecular formula is C26H37N5O5. The van der Waals surface area contributed by atoms with Crippen LogP contribution in [0.4, 0.5) is 4.79 Å². The van der Waals surface area contributed by atoms with Crippen LogP contribution in [-0.2, 0) is 14.3 Å². The molecule has 0 radical (unpaired) electrons. The fourth-order valence-corrected chi connectivity index (χ4v) is 4.71. The Balaban J connectivity index is 1.46. The second-order valence-corrected chi connectivity index (χ2v) is 10.6. The first-order chi connectivity index (χ1) is 17.2. The average Bonchev–Trinajstić information content (AvgIpc) is 3.31. The number of aromatic nitrogens is 2. The third-order valence-electron chi connectivity index (χ3n) is 6.56. The molecule has 2 aliphatic heterocycles. The standard InChI is InChI=1S/C26H37N5O5/c1-26(2,3)36-25(34)31-12-11-19(27-23(32)22-28-20-9-4-5-10-21(20)29-22)8-6-7-18(17-31)24(33)30-13-15-35-16-14-30/h4-5,9-10,18-19H,6-8,11-17H2,1-3H3,(H,27,32)(H,28,29)/t18-,19?/m1/s1. The highest BCUT2D eigenvalue weighted by molar-refractivity contribution is 5.94. The monoisotopic (exact) mass is 499 g/mol. The zero-order valence-electron chi connectivity index (χ0n) is 21.4. The lowest BCUT2D eigenvalue weighted by molar-refractivity contribution is -0.140. The van der Waals surface area contributed by atoms with Crippen LogP contribution >= 0.6 is 0 Å². The summed E-state index contributed by atoms with van der Waals surface area (Å²) < 4.78 is 11.0. The molecular weight excluding hydrogens is 462 g/mol. The molecule has 4 rings (SSSR count). The van der Waals surface area contributed by atoms with Crippen LogP contribution in [0.15, 0.2) is 24.3 Å². The van der Waals surface area contributed by atoms with E-state index < -0.39 is 11.7 Å². The van der Waals surface area contributed by atoms with Crippen LogP contribution < -0.4 is 5.32 Å². The number of nitrogens with zero attached hydrogens (tertiary/aromatic N) is 3. The van der Waals surface area contributed by atoms with Gasteiger partial charge in [0.05, 0.1) is 30.2 Å². The molecule has 0 saturated carbocycles. The van der Waals surface area contributed by atoms with Crippen molar-refractivity contribution >= 4 is 28.9 Å². The van der Waals surface area contributed by atoms with E-state index in [9.17, 15) is 14.4 Å². The molecule has 10 nitrogen and oxygen atoms in total. The number of aromatic amines is 1. The molecule has 2 aliphatic rings. The van der Waals surface area contributed by atoms with Crippen LogP contribution in [0.5, 0.6) is 0 Å². The first-order valence-electron chi connectivity index (χ1n) is 12.8. The Morgan fingerprint density at radius 3 is 2.53 bits per heavy atom. The van der Waals surface area contributed by atoms with Crippen LogP contribution in [0.1, 0.15) is 57.1 Å². The summed E-state index contributed by atoms with van der Waals surface area (Å²) in [6.45, 7) is 8.36. The molecule has 2 fully saturated rings. The third-order valence-corrected chi connectivity index (χ3v) is 6.56. The summed E-state index contributed by atoms with van der Waals surface area (Å²) in [7, 11) is 0. The average molecular weight is 500 g/mol. The van der Waals surface area contributed by atoms with E-state index in [0.29, 0.717) is 58.7 Å². The number of carbonyl (C=O) groups excluding carboxylic acids is 3. The number of carbonyl (C=O) groups is 3. The highest BCUT2D eigenvalue weighted by atomic mass is 16.6. The van der Waals surface area contributed by atoms with E-state index in [0.717, 1.165) is 17.5 Å². The molecule has 2 aromatic rings. The normalized spacial score (nSPS) is 21.9. The first-order valence-corrected chi connectivity index (χ1v) is 12.8. The van der Waals surface area contributed by atoms with E-state index in [1.807, 2.05) is 49.9 Å². The van der Waals surface area contributed by atoms with E-state index in [-0.39, 0.29) is 29.6 Å². The van der Waals surface area contributed by atoms with Gasteiger partial charge in [-0.3, -0.25) is 9.59 Å². The van der Waals surface area contributed by atoms with Gasteiger partial charge in [0, 0.05) is 32.2 Å². The van der Waals surface area contributed by atoms with Crippen LogP contribution in [0.3, 0.4) is 0 Å². The number of hydrogen-bond acceptors (Lipinski definition) is 6. The lowest BCUT2D eigenvalue weighted by Crippen LogP contribution is -2.48. The number of hydrogen-bond donors (Lipinski definition) is 2. The lowest BCUT2D eigenvalue weighted by Gasteiger charge is -2.33. The van der Waals surface area contributed by atoms with Gasteiger partial charge in [0.25, 0.3) is 5.91 Å². The number of benzene rings is 1. The Bertz CT molecular complexity index is 1040. The lowest BCUT2D eigenvalue weighted by atomic mass is 9.98. The Labute approximate surface area is 211 Å². The smallest absolute Gasteiger partial charge is 0.410 e. The van der Waals surface area contributed by atoms with Crippen molar-refractivity contribution in [3.8, 4) is 0 Å². The number of morpholine rings is 1. The van der Waals surface area contributed by atoms with E-state index in [4.69, 9.17) is 9.47 Å². The Morgan fingerprint density at radius 1 is 1.06 bits per heavy atom. The minimum Gasteiger partial charge on any atom is -0.444 e. The maximum Gasteiger partial charge on any atom is 0.410 e. The van der Waals surface area contributed by atoms with Gasteiger partial charge in [-0.25, -0.2) is 9.78 Å². The number of para-hydroxylation sites is 2. The zero-order valence-corrected chi connectivity index (χ0v) is 21.4. The van der Waals surface area contributed by atoms with Crippen LogP contribution in [0.25, 0.3) is 11.0 Å². The molecule has 1 aromatic carbocycles. The van der Waals surface area contributed by atoms with Crippen molar-refractivity contribution in [3.05, 3.63) is 30.1 Å². The van der Waals surface area contributed by atoms with Crippen molar-refractivity contribution in [1.29, 1.82) is 0 Å². The molecule has 2 N–H and O–H groups in total. The number of nitrogens with one attached hydrogen (secondary N) is 2. The van der Waals surface area contributed by atoms with Crippen LogP contribution in [0.2, 0.25) is 0 Å². The summed E-state index contributed by atoms with van der Waals surface area (Å²) in [6, 6.07) is 7.34. The van der Waals surface area contributed by atoms with Crippen molar-refractivity contribution in [3.63, 3.8) is 0 Å². The van der Waals surface area contributed by atoms with Crippen LogP contribution in [-0.4, -0.2) is 88.7 Å². The van der Waals surface area contributed by atoms with Gasteiger partial charge in [-0.05, 0) is 52.2 Å². The molecule has 2 atom stereocenters. The highest BCUT2D eigenvalue weighted by Gasteiger charge is 2.32. The molecule has 1 unspecified atom stereocenters. The SMILES string of the molecule is CC(C)(C)OC(=O)N1CCC(NC(=O)c2nc3ccccc3[nH]2)CCC[C@@H](C(=O)N2CCOCC2)C1. The molecule has 0 aliphatic carbocycles. The molecule has 0 bridgehead atoms. The van der Waals surface area contributed by atoms with Crippen molar-refractivity contribution in [1.82, 2.24) is 25.1 Å². The van der Waals surface area contributed by atoms with Crippen molar-refractivity contribution in [2.24, 2.45) is 5.92 Å². The van der Waals surface area contributed by atoms with E-state index >= 15 is 0 Å². The Hall–Kier alpha value is -3.14. The quantitative estimate of drug-likeness (QED) is 0.671. The second kappa shape index (κ2) is 11.3. The molecule has 196 valence electrons. The molecule has 36 heavy (non-hydrogen) atoms. The number of amides is 3. The van der Waals surface area contributed by atoms with E-state index in [1.54, 1.807) is 4.90 Å². The number of ether oxygens (including phenoxy) is 2. The fourth-order valence-electron chi connectivity index (χ4n) is 4.71. The summed E-state index contributed by atoms with van der Waals surface area (Å²) in [6.07, 6.45) is 2.22.